The van der Waals surface area contributed by atoms with E-state index in [4.69, 9.17) is 5.73 Å². The second-order valence-corrected chi connectivity index (χ2v) is 6.89. The SMILES string of the molecule is CC1CCN(C(CN)CC(C)(C)C)CC1C. The first kappa shape index (κ1) is 14.0. The number of piperidine rings is 1. The minimum absolute atomic E-state index is 0.385. The molecular weight excluding hydrogens is 196 g/mol. The van der Waals surface area contributed by atoms with Crippen molar-refractivity contribution in [2.45, 2.75) is 53.5 Å². The Bertz CT molecular complexity index is 207. The lowest BCUT2D eigenvalue weighted by molar-refractivity contribution is 0.0776. The van der Waals surface area contributed by atoms with Crippen LogP contribution in [0.5, 0.6) is 0 Å². The van der Waals surface area contributed by atoms with Crippen LogP contribution in [-0.4, -0.2) is 30.6 Å². The Morgan fingerprint density at radius 2 is 1.88 bits per heavy atom. The molecule has 0 spiro atoms. The quantitative estimate of drug-likeness (QED) is 0.802. The monoisotopic (exact) mass is 226 g/mol. The summed E-state index contributed by atoms with van der Waals surface area (Å²) in [6.45, 7) is 15.0. The van der Waals surface area contributed by atoms with Gasteiger partial charge in [-0.25, -0.2) is 0 Å². The molecule has 2 N–H and O–H groups in total. The fourth-order valence-electron chi connectivity index (χ4n) is 2.70. The van der Waals surface area contributed by atoms with Crippen molar-refractivity contribution in [3.63, 3.8) is 0 Å². The van der Waals surface area contributed by atoms with Gasteiger partial charge in [0.05, 0.1) is 0 Å². The van der Waals surface area contributed by atoms with Gasteiger partial charge in [0.25, 0.3) is 0 Å². The molecule has 1 aliphatic rings. The Kier molecular flexibility index (Phi) is 4.81. The summed E-state index contributed by atoms with van der Waals surface area (Å²) in [5.74, 6) is 1.70. The molecule has 0 bridgehead atoms. The van der Waals surface area contributed by atoms with Gasteiger partial charge in [0, 0.05) is 19.1 Å². The van der Waals surface area contributed by atoms with Crippen LogP contribution in [0, 0.1) is 17.3 Å². The van der Waals surface area contributed by atoms with Gasteiger partial charge in [-0.1, -0.05) is 34.6 Å². The lowest BCUT2D eigenvalue weighted by Crippen LogP contribution is -2.49. The predicted octanol–water partition coefficient (Wildman–Crippen LogP) is 2.73. The van der Waals surface area contributed by atoms with Crippen LogP contribution in [0.3, 0.4) is 0 Å². The molecule has 0 aliphatic carbocycles. The van der Waals surface area contributed by atoms with Crippen molar-refractivity contribution in [1.82, 2.24) is 4.90 Å². The summed E-state index contributed by atoms with van der Waals surface area (Å²) in [7, 11) is 0. The first-order valence-corrected chi connectivity index (χ1v) is 6.77. The Labute approximate surface area is 102 Å². The first-order valence-electron chi connectivity index (χ1n) is 6.77. The summed E-state index contributed by atoms with van der Waals surface area (Å²) >= 11 is 0. The van der Waals surface area contributed by atoms with Gasteiger partial charge < -0.3 is 5.73 Å². The van der Waals surface area contributed by atoms with E-state index in [1.54, 1.807) is 0 Å². The maximum absolute atomic E-state index is 5.95. The summed E-state index contributed by atoms with van der Waals surface area (Å²) < 4.78 is 0. The fraction of sp³-hybridized carbons (Fsp3) is 1.00. The maximum Gasteiger partial charge on any atom is 0.0223 e. The van der Waals surface area contributed by atoms with E-state index < -0.39 is 0 Å². The van der Waals surface area contributed by atoms with Crippen molar-refractivity contribution < 1.29 is 0 Å². The average molecular weight is 226 g/mol. The van der Waals surface area contributed by atoms with Crippen molar-refractivity contribution in [2.24, 2.45) is 23.0 Å². The maximum atomic E-state index is 5.95. The van der Waals surface area contributed by atoms with Crippen LogP contribution < -0.4 is 5.73 Å². The van der Waals surface area contributed by atoms with Gasteiger partial charge in [-0.15, -0.1) is 0 Å². The van der Waals surface area contributed by atoms with E-state index in [2.05, 4.69) is 39.5 Å². The third-order valence-corrected chi connectivity index (χ3v) is 4.00. The van der Waals surface area contributed by atoms with E-state index in [-0.39, 0.29) is 0 Å². The Morgan fingerprint density at radius 3 is 2.31 bits per heavy atom. The molecule has 0 radical (unpaired) electrons. The molecule has 3 unspecified atom stereocenters. The van der Waals surface area contributed by atoms with Gasteiger partial charge in [-0.3, -0.25) is 4.90 Å². The minimum atomic E-state index is 0.385. The molecular formula is C14H30N2. The van der Waals surface area contributed by atoms with Crippen molar-refractivity contribution in [3.8, 4) is 0 Å². The summed E-state index contributed by atoms with van der Waals surface area (Å²) in [4.78, 5) is 2.62. The highest BCUT2D eigenvalue weighted by molar-refractivity contribution is 4.83. The lowest BCUT2D eigenvalue weighted by atomic mass is 9.84. The second kappa shape index (κ2) is 5.50. The number of hydrogen-bond donors (Lipinski definition) is 1. The number of hydrogen-bond acceptors (Lipinski definition) is 2. The molecule has 0 amide bonds. The Morgan fingerprint density at radius 1 is 1.25 bits per heavy atom. The van der Waals surface area contributed by atoms with Crippen LogP contribution in [0.2, 0.25) is 0 Å². The molecule has 0 aromatic rings. The van der Waals surface area contributed by atoms with E-state index >= 15 is 0 Å². The van der Waals surface area contributed by atoms with Gasteiger partial charge in [-0.05, 0) is 36.6 Å². The molecule has 1 rings (SSSR count). The first-order chi connectivity index (χ1) is 7.33. The normalized spacial score (nSPS) is 30.4. The smallest absolute Gasteiger partial charge is 0.0223 e. The third-order valence-electron chi connectivity index (χ3n) is 4.00. The largest absolute Gasteiger partial charge is 0.329 e. The topological polar surface area (TPSA) is 29.3 Å². The molecule has 3 atom stereocenters. The third kappa shape index (κ3) is 4.06. The van der Waals surface area contributed by atoms with Crippen molar-refractivity contribution in [3.05, 3.63) is 0 Å². The van der Waals surface area contributed by atoms with Crippen molar-refractivity contribution in [1.29, 1.82) is 0 Å². The summed E-state index contributed by atoms with van der Waals surface area (Å²) in [6, 6.07) is 0.579. The average Bonchev–Trinajstić information content (AvgIpc) is 2.17. The van der Waals surface area contributed by atoms with Gasteiger partial charge in [0.1, 0.15) is 0 Å². The zero-order valence-corrected chi connectivity index (χ0v) is 11.8. The van der Waals surface area contributed by atoms with E-state index in [1.165, 1.54) is 25.9 Å². The molecule has 1 fully saturated rings. The van der Waals surface area contributed by atoms with Crippen LogP contribution in [0.15, 0.2) is 0 Å². The van der Waals surface area contributed by atoms with Crippen molar-refractivity contribution in [2.75, 3.05) is 19.6 Å². The molecule has 0 saturated carbocycles. The summed E-state index contributed by atoms with van der Waals surface area (Å²) in [6.07, 6.45) is 2.55. The molecule has 2 heteroatoms. The molecule has 0 aromatic carbocycles. The number of nitrogens with zero attached hydrogens (tertiary/aromatic N) is 1. The Hall–Kier alpha value is -0.0800. The Balaban J connectivity index is 2.54. The fourth-order valence-corrected chi connectivity index (χ4v) is 2.70. The summed E-state index contributed by atoms with van der Waals surface area (Å²) in [5, 5.41) is 0. The van der Waals surface area contributed by atoms with Gasteiger partial charge in [0.2, 0.25) is 0 Å². The molecule has 1 saturated heterocycles. The molecule has 0 aromatic heterocycles. The predicted molar refractivity (Wildman–Crippen MR) is 71.4 cm³/mol. The van der Waals surface area contributed by atoms with Gasteiger partial charge in [0.15, 0.2) is 0 Å². The highest BCUT2D eigenvalue weighted by Gasteiger charge is 2.29. The van der Waals surface area contributed by atoms with E-state index in [9.17, 15) is 0 Å². The van der Waals surface area contributed by atoms with Crippen LogP contribution in [0.25, 0.3) is 0 Å². The van der Waals surface area contributed by atoms with Crippen LogP contribution in [0.4, 0.5) is 0 Å². The zero-order valence-electron chi connectivity index (χ0n) is 11.8. The number of rotatable bonds is 3. The zero-order chi connectivity index (χ0) is 12.3. The summed E-state index contributed by atoms with van der Waals surface area (Å²) in [5.41, 5.74) is 6.33. The lowest BCUT2D eigenvalue weighted by Gasteiger charge is -2.41. The van der Waals surface area contributed by atoms with Crippen LogP contribution in [-0.2, 0) is 0 Å². The molecule has 1 heterocycles. The van der Waals surface area contributed by atoms with Gasteiger partial charge >= 0.3 is 0 Å². The number of likely N-dealkylation sites (tertiary alicyclic amines) is 1. The van der Waals surface area contributed by atoms with Crippen LogP contribution in [0.1, 0.15) is 47.5 Å². The molecule has 96 valence electrons. The van der Waals surface area contributed by atoms with E-state index in [1.807, 2.05) is 0 Å². The second-order valence-electron chi connectivity index (χ2n) is 6.89. The molecule has 16 heavy (non-hydrogen) atoms. The van der Waals surface area contributed by atoms with E-state index in [0.717, 1.165) is 18.4 Å². The highest BCUT2D eigenvalue weighted by atomic mass is 15.2. The number of nitrogens with two attached hydrogens (primary N) is 1. The van der Waals surface area contributed by atoms with Crippen LogP contribution >= 0.6 is 0 Å². The standard InChI is InChI=1S/C14H30N2/c1-11-6-7-16(10-12(11)2)13(9-15)8-14(3,4)5/h11-13H,6-10,15H2,1-5H3. The molecule has 1 aliphatic heterocycles. The van der Waals surface area contributed by atoms with E-state index in [0.29, 0.717) is 11.5 Å². The van der Waals surface area contributed by atoms with Gasteiger partial charge in [-0.2, -0.15) is 0 Å². The van der Waals surface area contributed by atoms with Crippen molar-refractivity contribution >= 4 is 0 Å². The minimum Gasteiger partial charge on any atom is -0.329 e. The molecule has 2 nitrogen and oxygen atoms in total. The highest BCUT2D eigenvalue weighted by Crippen LogP contribution is 2.28.